The molecule has 5 rings (SSSR count). The van der Waals surface area contributed by atoms with Gasteiger partial charge in [-0.2, -0.15) is 23.5 Å². The largest absolute Gasteiger partial charge is 0.481 e. The summed E-state index contributed by atoms with van der Waals surface area (Å²) < 4.78 is 0. The number of hydrogen-bond acceptors (Lipinski definition) is 9. The minimum atomic E-state index is -0.906. The van der Waals surface area contributed by atoms with E-state index in [4.69, 9.17) is 16.5 Å². The van der Waals surface area contributed by atoms with Crippen LogP contribution in [-0.2, 0) is 32.0 Å². The number of aliphatic carboxylic acids is 2. The van der Waals surface area contributed by atoms with Crippen molar-refractivity contribution in [3.8, 4) is 0 Å². The highest BCUT2D eigenvalue weighted by atomic mass is 32.2. The molecule has 0 aromatic carbocycles. The summed E-state index contributed by atoms with van der Waals surface area (Å²) in [7, 11) is 3.15. The number of fused-ring (bicyclic) bond motifs is 7. The number of nitrogens with two attached hydrogens (primary N) is 2. The van der Waals surface area contributed by atoms with E-state index in [1.807, 2.05) is 26.0 Å². The van der Waals surface area contributed by atoms with E-state index in [1.165, 1.54) is 0 Å². The van der Waals surface area contributed by atoms with Crippen molar-refractivity contribution < 1.29 is 29.4 Å². The number of rotatable bonds is 17. The van der Waals surface area contributed by atoms with Crippen LogP contribution in [0.2, 0.25) is 0 Å². The second-order valence-corrected chi connectivity index (χ2v) is 17.9. The summed E-state index contributed by atoms with van der Waals surface area (Å²) in [6.45, 7) is 12.4. The molecule has 11 N–H and O–H groups in total. The molecular formula is C43H58N8O6S2. The van der Waals surface area contributed by atoms with Crippen molar-refractivity contribution in [2.75, 3.05) is 25.6 Å². The van der Waals surface area contributed by atoms with Gasteiger partial charge in [-0.25, -0.2) is 0 Å². The maximum absolute atomic E-state index is 12.4. The number of thioether (sulfide) groups is 2. The lowest BCUT2D eigenvalue weighted by molar-refractivity contribution is -0.138. The summed E-state index contributed by atoms with van der Waals surface area (Å²) in [6, 6.07) is -1.76. The van der Waals surface area contributed by atoms with Gasteiger partial charge >= 0.3 is 11.9 Å². The Hall–Kier alpha value is -4.77. The highest BCUT2D eigenvalue weighted by Crippen LogP contribution is 2.35. The number of nitrogens with one attached hydrogen (secondary N) is 5. The average Bonchev–Trinajstić information content (AvgIpc) is 3.89. The number of hydrogen-bond donors (Lipinski definition) is 9. The van der Waals surface area contributed by atoms with Gasteiger partial charge in [0.2, 0.25) is 11.8 Å². The van der Waals surface area contributed by atoms with Gasteiger partial charge in [-0.1, -0.05) is 6.92 Å². The number of H-pyrrole nitrogens is 3. The number of amides is 2. The molecule has 0 radical (unpaired) electrons. The average molecular weight is 847 g/mol. The second-order valence-electron chi connectivity index (χ2n) is 15.1. The molecule has 2 amide bonds. The summed E-state index contributed by atoms with van der Waals surface area (Å²) in [5.74, 6) is -1.45. The minimum absolute atomic E-state index is 0.0633. The van der Waals surface area contributed by atoms with Gasteiger partial charge in [0.15, 0.2) is 0 Å². The topological polar surface area (TPSA) is 245 Å². The molecule has 318 valence electrons. The Morgan fingerprint density at radius 1 is 0.746 bits per heavy atom. The number of carboxylic acid groups (broad SMARTS) is 2. The van der Waals surface area contributed by atoms with Crippen LogP contribution in [0.4, 0.5) is 0 Å². The van der Waals surface area contributed by atoms with Crippen molar-refractivity contribution in [2.24, 2.45) is 16.5 Å². The summed E-state index contributed by atoms with van der Waals surface area (Å²) in [5.41, 5.74) is 22.6. The number of carboxylic acids is 2. The lowest BCUT2D eigenvalue weighted by Crippen LogP contribution is -2.41. The van der Waals surface area contributed by atoms with Gasteiger partial charge in [0, 0.05) is 81.7 Å². The monoisotopic (exact) mass is 846 g/mol. The van der Waals surface area contributed by atoms with Crippen molar-refractivity contribution in [2.45, 2.75) is 102 Å². The van der Waals surface area contributed by atoms with Gasteiger partial charge in [-0.3, -0.25) is 24.2 Å². The van der Waals surface area contributed by atoms with Gasteiger partial charge in [0.1, 0.15) is 0 Å². The lowest BCUT2D eigenvalue weighted by atomic mass is 9.96. The third-order valence-electron chi connectivity index (χ3n) is 11.3. The molecule has 3 aromatic heterocycles. The third-order valence-corrected chi connectivity index (χ3v) is 13.9. The Balaban J connectivity index is 1.83. The maximum Gasteiger partial charge on any atom is 0.303 e. The molecule has 2 aliphatic rings. The number of aliphatic imine (C=N–C) groups is 1. The first-order chi connectivity index (χ1) is 28.0. The zero-order chi connectivity index (χ0) is 43.3. The highest BCUT2D eigenvalue weighted by molar-refractivity contribution is 8.00. The van der Waals surface area contributed by atoms with Crippen LogP contribution in [0.1, 0.15) is 90.1 Å². The normalized spacial score (nSPS) is 16.8. The number of carbonyl (C=O) groups excluding carboxylic acids is 2. The van der Waals surface area contributed by atoms with Gasteiger partial charge in [-0.15, -0.1) is 0 Å². The van der Waals surface area contributed by atoms with Crippen molar-refractivity contribution in [3.05, 3.63) is 77.3 Å². The predicted octanol–water partition coefficient (Wildman–Crippen LogP) is 1.46. The zero-order valence-electron chi connectivity index (χ0n) is 35.1. The van der Waals surface area contributed by atoms with E-state index in [-0.39, 0.29) is 41.6 Å². The van der Waals surface area contributed by atoms with Crippen LogP contribution in [0.15, 0.2) is 16.1 Å². The number of carbonyl (C=O) groups is 4. The zero-order valence-corrected chi connectivity index (χ0v) is 36.7. The molecule has 2 aliphatic heterocycles. The number of likely N-dealkylation sites (N-methyl/N-ethyl adjacent to an activating group) is 2. The first kappa shape index (κ1) is 45.3. The van der Waals surface area contributed by atoms with E-state index in [1.54, 1.807) is 37.6 Å². The van der Waals surface area contributed by atoms with Crippen LogP contribution in [0, 0.1) is 20.8 Å². The van der Waals surface area contributed by atoms with E-state index in [2.05, 4.69) is 65.4 Å². The molecule has 5 atom stereocenters. The van der Waals surface area contributed by atoms with Gasteiger partial charge in [0.05, 0.1) is 23.8 Å². The summed E-state index contributed by atoms with van der Waals surface area (Å²) in [4.78, 5) is 64.7. The van der Waals surface area contributed by atoms with E-state index in [0.717, 1.165) is 83.0 Å². The maximum atomic E-state index is 12.4. The quantitative estimate of drug-likeness (QED) is 0.0947. The van der Waals surface area contributed by atoms with Crippen molar-refractivity contribution in [1.82, 2.24) is 25.6 Å². The molecule has 0 saturated carbocycles. The number of nitrogens with zero attached hydrogens (tertiary/aromatic N) is 1. The van der Waals surface area contributed by atoms with Crippen LogP contribution in [0.3, 0.4) is 0 Å². The van der Waals surface area contributed by atoms with Gasteiger partial charge in [0.25, 0.3) is 0 Å². The third kappa shape index (κ3) is 10.2. The van der Waals surface area contributed by atoms with Crippen LogP contribution in [0.5, 0.6) is 0 Å². The number of aromatic amines is 3. The van der Waals surface area contributed by atoms with Crippen molar-refractivity contribution >= 4 is 77.3 Å². The minimum Gasteiger partial charge on any atom is -0.481 e. The van der Waals surface area contributed by atoms with Crippen molar-refractivity contribution in [1.29, 1.82) is 0 Å². The SMILES string of the molecule is CCC1=C(C(C)SCC(N)C(=O)NC)C2C=c3[nH]c(c(CCC(=O)O)c3C)=Cc3[nH]c(c(C)c3CCC(=O)O)C=c3[nH]c(c(C(C)SCC(N)C(=O)NC)c3C)=CC1=N2. The molecule has 5 heterocycles. The molecule has 59 heavy (non-hydrogen) atoms. The van der Waals surface area contributed by atoms with Crippen LogP contribution in [0.25, 0.3) is 24.3 Å². The number of allylic oxidation sites excluding steroid dienone is 1. The molecule has 5 unspecified atom stereocenters. The first-order valence-corrected chi connectivity index (χ1v) is 22.1. The molecule has 0 saturated heterocycles. The Morgan fingerprint density at radius 2 is 1.31 bits per heavy atom. The van der Waals surface area contributed by atoms with Crippen LogP contribution in [-0.4, -0.2) is 104 Å². The smallest absolute Gasteiger partial charge is 0.303 e. The highest BCUT2D eigenvalue weighted by Gasteiger charge is 2.31. The molecule has 0 spiro atoms. The molecule has 0 aliphatic carbocycles. The van der Waals surface area contributed by atoms with Crippen molar-refractivity contribution in [3.63, 3.8) is 0 Å². The number of aromatic nitrogens is 3. The fourth-order valence-electron chi connectivity index (χ4n) is 7.98. The van der Waals surface area contributed by atoms with Crippen LogP contribution >= 0.6 is 23.5 Å². The second kappa shape index (κ2) is 19.5. The Labute approximate surface area is 352 Å². The Kier molecular flexibility index (Phi) is 15.0. The summed E-state index contributed by atoms with van der Waals surface area (Å²) in [6.07, 6.45) is 9.36. The Morgan fingerprint density at radius 3 is 1.88 bits per heavy atom. The van der Waals surface area contributed by atoms with Gasteiger partial charge in [-0.05, 0) is 123 Å². The summed E-state index contributed by atoms with van der Waals surface area (Å²) in [5, 5.41) is 27.8. The first-order valence-electron chi connectivity index (χ1n) is 20.0. The molecule has 3 aromatic rings. The molecule has 8 bridgehead atoms. The van der Waals surface area contributed by atoms with E-state index >= 15 is 0 Å². The molecule has 14 nitrogen and oxygen atoms in total. The predicted molar refractivity (Wildman–Crippen MR) is 238 cm³/mol. The van der Waals surface area contributed by atoms with E-state index in [0.29, 0.717) is 24.3 Å². The standard InChI is InChI=1S/C43H58N8O6S2/c1-9-25-33-17-36-40(23(5)58-18-28(44)42(56)46-7)22(4)32(50-36)14-30-20(2)26(10-12-38(52)53)34(48-30)16-35-27(11-13-39(54)55)21(3)31(49-35)15-37(51-33)41(25)24(6)59-19-29(45)43(57)47-8/h14-17,23-24,28-29,37,48-50H,9-13,18-19,44-45H2,1-8H3,(H,46,56)(H,47,57)(H,52,53)(H,54,55). The van der Waals surface area contributed by atoms with E-state index < -0.39 is 30.1 Å². The molecule has 16 heteroatoms. The molecular weight excluding hydrogens is 789 g/mol. The fourth-order valence-corrected chi connectivity index (χ4v) is 10.2. The van der Waals surface area contributed by atoms with Gasteiger partial charge < -0.3 is 47.3 Å². The Bertz CT molecular complexity index is 2440. The molecule has 0 fully saturated rings. The lowest BCUT2D eigenvalue weighted by Gasteiger charge is -2.20. The van der Waals surface area contributed by atoms with E-state index in [9.17, 15) is 29.4 Å². The summed E-state index contributed by atoms with van der Waals surface area (Å²) >= 11 is 3.20. The fraction of sp³-hybridized carbons (Fsp3) is 0.465. The van der Waals surface area contributed by atoms with Crippen LogP contribution < -0.4 is 43.5 Å².